The van der Waals surface area contributed by atoms with E-state index >= 15 is 0 Å². The Morgan fingerprint density at radius 2 is 2.19 bits per heavy atom. The maximum Gasteiger partial charge on any atom is 0.315 e. The Balaban J connectivity index is 1.37. The van der Waals surface area contributed by atoms with Crippen LogP contribution in [0.25, 0.3) is 0 Å². The van der Waals surface area contributed by atoms with Gasteiger partial charge in [-0.15, -0.1) is 0 Å². The largest absolute Gasteiger partial charge is 0.492 e. The summed E-state index contributed by atoms with van der Waals surface area (Å²) in [7, 11) is 0. The average Bonchev–Trinajstić information content (AvgIpc) is 2.64. The molecule has 2 aliphatic heterocycles. The standard InChI is InChI=1S/C20H30ClN3O2/c1-15-7-2-4-12-24(15)13-5-3-11-22-20(25)23-18-10-14-26-19-16(18)8-6-9-17(19)21/h6,8-9,15,18H,2-5,7,10-14H2,1H3,(H2,22,23,25). The van der Waals surface area contributed by atoms with E-state index in [4.69, 9.17) is 16.3 Å². The maximum atomic E-state index is 12.2. The van der Waals surface area contributed by atoms with Crippen LogP contribution in [0.2, 0.25) is 5.02 Å². The summed E-state index contributed by atoms with van der Waals surface area (Å²) in [5.41, 5.74) is 0.956. The zero-order chi connectivity index (χ0) is 18.4. The number of para-hydroxylation sites is 1. The fourth-order valence-electron chi connectivity index (χ4n) is 3.88. The highest BCUT2D eigenvalue weighted by Gasteiger charge is 2.24. The number of piperidine rings is 1. The molecule has 2 heterocycles. The minimum atomic E-state index is -0.117. The topological polar surface area (TPSA) is 53.6 Å². The van der Waals surface area contributed by atoms with Gasteiger partial charge in [0.05, 0.1) is 17.7 Å². The van der Waals surface area contributed by atoms with E-state index in [1.165, 1.54) is 25.8 Å². The lowest BCUT2D eigenvalue weighted by molar-refractivity contribution is 0.158. The van der Waals surface area contributed by atoms with E-state index in [1.54, 1.807) is 0 Å². The molecule has 2 unspecified atom stereocenters. The number of nitrogens with one attached hydrogen (secondary N) is 2. The van der Waals surface area contributed by atoms with Gasteiger partial charge in [-0.05, 0) is 51.8 Å². The van der Waals surface area contributed by atoms with Gasteiger partial charge in [0.1, 0.15) is 5.75 Å². The number of halogens is 1. The summed E-state index contributed by atoms with van der Waals surface area (Å²) in [6, 6.07) is 6.21. The van der Waals surface area contributed by atoms with Gasteiger partial charge in [-0.3, -0.25) is 0 Å². The molecular formula is C20H30ClN3O2. The zero-order valence-electron chi connectivity index (χ0n) is 15.6. The summed E-state index contributed by atoms with van der Waals surface area (Å²) in [5.74, 6) is 0.696. The number of carbonyl (C=O) groups is 1. The van der Waals surface area contributed by atoms with Gasteiger partial charge < -0.3 is 20.3 Å². The average molecular weight is 380 g/mol. The number of urea groups is 1. The van der Waals surface area contributed by atoms with Crippen molar-refractivity contribution in [3.8, 4) is 5.75 Å². The summed E-state index contributed by atoms with van der Waals surface area (Å²) < 4.78 is 5.64. The number of unbranched alkanes of at least 4 members (excludes halogenated alkanes) is 1. The van der Waals surface area contributed by atoms with Gasteiger partial charge in [0, 0.05) is 24.6 Å². The van der Waals surface area contributed by atoms with E-state index < -0.39 is 0 Å². The number of ether oxygens (including phenoxy) is 1. The first-order valence-electron chi connectivity index (χ1n) is 9.85. The van der Waals surface area contributed by atoms with E-state index in [9.17, 15) is 4.79 Å². The third-order valence-corrected chi connectivity index (χ3v) is 5.73. The molecule has 2 atom stereocenters. The van der Waals surface area contributed by atoms with E-state index in [0.29, 0.717) is 30.0 Å². The Bertz CT molecular complexity index is 611. The van der Waals surface area contributed by atoms with Crippen molar-refractivity contribution in [1.29, 1.82) is 0 Å². The molecule has 6 heteroatoms. The van der Waals surface area contributed by atoms with Crippen LogP contribution < -0.4 is 15.4 Å². The van der Waals surface area contributed by atoms with Crippen LogP contribution in [-0.2, 0) is 0 Å². The molecule has 144 valence electrons. The molecule has 26 heavy (non-hydrogen) atoms. The second kappa shape index (κ2) is 9.47. The van der Waals surface area contributed by atoms with Gasteiger partial charge in [0.25, 0.3) is 0 Å². The lowest BCUT2D eigenvalue weighted by atomic mass is 10.0. The van der Waals surface area contributed by atoms with Gasteiger partial charge >= 0.3 is 6.03 Å². The number of likely N-dealkylation sites (tertiary alicyclic amines) is 1. The highest BCUT2D eigenvalue weighted by molar-refractivity contribution is 6.32. The van der Waals surface area contributed by atoms with E-state index in [0.717, 1.165) is 31.4 Å². The number of benzene rings is 1. The molecule has 1 fully saturated rings. The SMILES string of the molecule is CC1CCCCN1CCCCNC(=O)NC1CCOc2c(Cl)cccc21. The van der Waals surface area contributed by atoms with Crippen molar-refractivity contribution in [3.63, 3.8) is 0 Å². The van der Waals surface area contributed by atoms with Crippen molar-refractivity contribution >= 4 is 17.6 Å². The van der Waals surface area contributed by atoms with Crippen LogP contribution in [0.4, 0.5) is 4.79 Å². The third kappa shape index (κ3) is 5.04. The number of carbonyl (C=O) groups excluding carboxylic acids is 1. The van der Waals surface area contributed by atoms with Crippen LogP contribution in [0.15, 0.2) is 18.2 Å². The van der Waals surface area contributed by atoms with Crippen LogP contribution in [0.3, 0.4) is 0 Å². The Labute approximate surface area is 161 Å². The molecule has 5 nitrogen and oxygen atoms in total. The number of hydrogen-bond donors (Lipinski definition) is 2. The zero-order valence-corrected chi connectivity index (χ0v) is 16.4. The van der Waals surface area contributed by atoms with Crippen LogP contribution in [-0.4, -0.2) is 43.2 Å². The molecule has 0 spiro atoms. The van der Waals surface area contributed by atoms with Gasteiger partial charge in [-0.25, -0.2) is 4.79 Å². The predicted molar refractivity (Wildman–Crippen MR) is 105 cm³/mol. The number of nitrogens with zero attached hydrogens (tertiary/aromatic N) is 1. The highest BCUT2D eigenvalue weighted by Crippen LogP contribution is 2.37. The molecule has 0 radical (unpaired) electrons. The Kier molecular flexibility index (Phi) is 7.03. The van der Waals surface area contributed by atoms with Gasteiger partial charge in [-0.1, -0.05) is 30.2 Å². The first kappa shape index (κ1) is 19.3. The molecule has 2 N–H and O–H groups in total. The summed E-state index contributed by atoms with van der Waals surface area (Å²) in [5, 5.41) is 6.63. The fourth-order valence-corrected chi connectivity index (χ4v) is 4.11. The van der Waals surface area contributed by atoms with Gasteiger partial charge in [0.2, 0.25) is 0 Å². The van der Waals surface area contributed by atoms with Crippen molar-refractivity contribution < 1.29 is 9.53 Å². The van der Waals surface area contributed by atoms with Crippen molar-refractivity contribution in [2.45, 2.75) is 57.5 Å². The molecular weight excluding hydrogens is 350 g/mol. The summed E-state index contributed by atoms with van der Waals surface area (Å²) in [4.78, 5) is 14.8. The molecule has 0 bridgehead atoms. The number of amides is 2. The Morgan fingerprint density at radius 1 is 1.31 bits per heavy atom. The Morgan fingerprint density at radius 3 is 3.04 bits per heavy atom. The van der Waals surface area contributed by atoms with E-state index in [2.05, 4.69) is 22.5 Å². The van der Waals surface area contributed by atoms with Crippen molar-refractivity contribution in [2.75, 3.05) is 26.2 Å². The Hall–Kier alpha value is -1.46. The highest BCUT2D eigenvalue weighted by atomic mass is 35.5. The molecule has 1 saturated heterocycles. The van der Waals surface area contributed by atoms with Crippen molar-refractivity contribution in [1.82, 2.24) is 15.5 Å². The molecule has 1 aromatic carbocycles. The van der Waals surface area contributed by atoms with Crippen LogP contribution >= 0.6 is 11.6 Å². The molecule has 0 saturated carbocycles. The lowest BCUT2D eigenvalue weighted by Crippen LogP contribution is -2.40. The lowest BCUT2D eigenvalue weighted by Gasteiger charge is -2.33. The minimum Gasteiger partial charge on any atom is -0.492 e. The summed E-state index contributed by atoms with van der Waals surface area (Å²) in [6.45, 7) is 5.95. The molecule has 2 amide bonds. The predicted octanol–water partition coefficient (Wildman–Crippen LogP) is 4.12. The number of rotatable bonds is 6. The van der Waals surface area contributed by atoms with Crippen molar-refractivity contribution in [2.24, 2.45) is 0 Å². The van der Waals surface area contributed by atoms with Crippen LogP contribution in [0, 0.1) is 0 Å². The fraction of sp³-hybridized carbons (Fsp3) is 0.650. The molecule has 2 aliphatic rings. The number of fused-ring (bicyclic) bond motifs is 1. The van der Waals surface area contributed by atoms with Gasteiger partial charge in [0.15, 0.2) is 0 Å². The molecule has 0 aliphatic carbocycles. The smallest absolute Gasteiger partial charge is 0.315 e. The summed E-state index contributed by atoms with van der Waals surface area (Å²) in [6.07, 6.45) is 6.89. The van der Waals surface area contributed by atoms with Crippen LogP contribution in [0.1, 0.15) is 57.1 Å². The molecule has 1 aromatic rings. The molecule has 0 aromatic heterocycles. The van der Waals surface area contributed by atoms with E-state index in [-0.39, 0.29) is 12.1 Å². The minimum absolute atomic E-state index is 0.0494. The van der Waals surface area contributed by atoms with Gasteiger partial charge in [-0.2, -0.15) is 0 Å². The number of hydrogen-bond acceptors (Lipinski definition) is 3. The molecule has 3 rings (SSSR count). The quantitative estimate of drug-likeness (QED) is 0.731. The first-order valence-corrected chi connectivity index (χ1v) is 10.2. The van der Waals surface area contributed by atoms with Crippen molar-refractivity contribution in [3.05, 3.63) is 28.8 Å². The first-order chi connectivity index (χ1) is 12.6. The second-order valence-corrected chi connectivity index (χ2v) is 7.74. The third-order valence-electron chi connectivity index (χ3n) is 5.43. The normalized spacial score (nSPS) is 23.0. The van der Waals surface area contributed by atoms with Crippen LogP contribution in [0.5, 0.6) is 5.75 Å². The monoisotopic (exact) mass is 379 g/mol. The summed E-state index contributed by atoms with van der Waals surface area (Å²) >= 11 is 6.18. The maximum absolute atomic E-state index is 12.2. The second-order valence-electron chi connectivity index (χ2n) is 7.34. The van der Waals surface area contributed by atoms with E-state index in [1.807, 2.05) is 18.2 Å².